The minimum atomic E-state index is -0.942. The Labute approximate surface area is 59.5 Å². The largest absolute Gasteiger partial charge is 0.480 e. The van der Waals surface area contributed by atoms with Gasteiger partial charge in [0.2, 0.25) is 0 Å². The lowest BCUT2D eigenvalue weighted by molar-refractivity contribution is -0.139. The minimum absolute atomic E-state index is 0.411. The lowest BCUT2D eigenvalue weighted by Crippen LogP contribution is -2.38. The average molecular weight is 142 g/mol. The first kappa shape index (κ1) is 8.92. The van der Waals surface area contributed by atoms with Gasteiger partial charge >= 0.3 is 5.97 Å². The van der Waals surface area contributed by atoms with E-state index in [1.807, 2.05) is 6.07 Å². The van der Waals surface area contributed by atoms with E-state index in [4.69, 9.17) is 10.4 Å². The van der Waals surface area contributed by atoms with Gasteiger partial charge in [0.15, 0.2) is 0 Å². The molecule has 0 aliphatic rings. The third-order valence-corrected chi connectivity index (χ3v) is 1.06. The summed E-state index contributed by atoms with van der Waals surface area (Å²) in [5.41, 5.74) is 0. The van der Waals surface area contributed by atoms with Crippen LogP contribution < -0.4 is 5.32 Å². The van der Waals surface area contributed by atoms with E-state index >= 15 is 0 Å². The van der Waals surface area contributed by atoms with Gasteiger partial charge in [-0.15, -0.1) is 0 Å². The van der Waals surface area contributed by atoms with E-state index in [0.717, 1.165) is 0 Å². The zero-order valence-corrected chi connectivity index (χ0v) is 5.96. The second-order valence-corrected chi connectivity index (χ2v) is 2.08. The molecule has 0 amide bonds. The van der Waals surface area contributed by atoms with E-state index in [-0.39, 0.29) is 0 Å². The zero-order chi connectivity index (χ0) is 8.15. The highest BCUT2D eigenvalue weighted by Crippen LogP contribution is 1.84. The molecule has 0 aromatic carbocycles. The van der Waals surface area contributed by atoms with Gasteiger partial charge in [0.25, 0.3) is 0 Å². The molecular formula is C6H10N2O2. The third kappa shape index (κ3) is 3.05. The number of hydrogen-bond acceptors (Lipinski definition) is 3. The Morgan fingerprint density at radius 2 is 2.20 bits per heavy atom. The topological polar surface area (TPSA) is 73.1 Å². The molecule has 10 heavy (non-hydrogen) atoms. The van der Waals surface area contributed by atoms with Crippen molar-refractivity contribution < 1.29 is 9.90 Å². The van der Waals surface area contributed by atoms with Crippen molar-refractivity contribution in [2.75, 3.05) is 0 Å². The number of carboxylic acids is 1. The smallest absolute Gasteiger partial charge is 0.320 e. The molecule has 0 aliphatic heterocycles. The molecule has 0 fully saturated rings. The lowest BCUT2D eigenvalue weighted by atomic mass is 10.3. The van der Waals surface area contributed by atoms with E-state index in [1.165, 1.54) is 6.92 Å². The molecule has 0 aliphatic carbocycles. The maximum absolute atomic E-state index is 10.2. The molecule has 2 atom stereocenters. The Morgan fingerprint density at radius 1 is 1.70 bits per heavy atom. The first-order chi connectivity index (χ1) is 4.57. The fourth-order valence-corrected chi connectivity index (χ4v) is 0.484. The van der Waals surface area contributed by atoms with Gasteiger partial charge in [0, 0.05) is 0 Å². The first-order valence-electron chi connectivity index (χ1n) is 2.96. The lowest BCUT2D eigenvalue weighted by Gasteiger charge is -2.09. The second kappa shape index (κ2) is 3.85. The molecule has 56 valence electrons. The van der Waals surface area contributed by atoms with Gasteiger partial charge < -0.3 is 5.11 Å². The van der Waals surface area contributed by atoms with Gasteiger partial charge in [-0.25, -0.2) is 0 Å². The Balaban J connectivity index is 3.70. The molecule has 4 nitrogen and oxygen atoms in total. The summed E-state index contributed by atoms with van der Waals surface area (Å²) >= 11 is 0. The number of carboxylic acid groups (broad SMARTS) is 1. The molecule has 4 heteroatoms. The standard InChI is InChI=1S/C6H10N2O2/c1-4(3-7)8-5(2)6(9)10/h4-5,8H,1-2H3,(H,9,10). The Kier molecular flexibility index (Phi) is 3.44. The van der Waals surface area contributed by atoms with Gasteiger partial charge in [-0.1, -0.05) is 0 Å². The summed E-state index contributed by atoms with van der Waals surface area (Å²) in [6, 6.07) is 0.807. The van der Waals surface area contributed by atoms with Crippen LogP contribution in [0.15, 0.2) is 0 Å². The van der Waals surface area contributed by atoms with Crippen molar-refractivity contribution in [2.45, 2.75) is 25.9 Å². The van der Waals surface area contributed by atoms with Gasteiger partial charge in [-0.3, -0.25) is 10.1 Å². The van der Waals surface area contributed by atoms with Crippen LogP contribution in [0.5, 0.6) is 0 Å². The molecule has 0 spiro atoms. The van der Waals surface area contributed by atoms with Crippen molar-refractivity contribution in [2.24, 2.45) is 0 Å². The van der Waals surface area contributed by atoms with Crippen LogP contribution in [0.1, 0.15) is 13.8 Å². The molecule has 0 heterocycles. The van der Waals surface area contributed by atoms with Crippen LogP contribution in [0, 0.1) is 11.3 Å². The summed E-state index contributed by atoms with van der Waals surface area (Å²) in [6.45, 7) is 3.11. The fraction of sp³-hybridized carbons (Fsp3) is 0.667. The van der Waals surface area contributed by atoms with Crippen molar-refractivity contribution in [3.63, 3.8) is 0 Å². The summed E-state index contributed by atoms with van der Waals surface area (Å²) in [6.07, 6.45) is 0. The van der Waals surface area contributed by atoms with Crippen LogP contribution >= 0.6 is 0 Å². The van der Waals surface area contributed by atoms with Crippen molar-refractivity contribution in [1.29, 1.82) is 5.26 Å². The molecule has 0 saturated carbocycles. The summed E-state index contributed by atoms with van der Waals surface area (Å²) < 4.78 is 0. The first-order valence-corrected chi connectivity index (χ1v) is 2.96. The maximum atomic E-state index is 10.2. The van der Waals surface area contributed by atoms with Crippen LogP contribution in [0.2, 0.25) is 0 Å². The highest BCUT2D eigenvalue weighted by atomic mass is 16.4. The predicted octanol–water partition coefficient (Wildman–Crippen LogP) is -0.0388. The quantitative estimate of drug-likeness (QED) is 0.580. The molecule has 2 N–H and O–H groups in total. The van der Waals surface area contributed by atoms with Gasteiger partial charge in [0.1, 0.15) is 6.04 Å². The number of hydrogen-bond donors (Lipinski definition) is 2. The number of nitrogens with zero attached hydrogens (tertiary/aromatic N) is 1. The van der Waals surface area contributed by atoms with Crippen LogP contribution in [0.25, 0.3) is 0 Å². The summed E-state index contributed by atoms with van der Waals surface area (Å²) in [4.78, 5) is 10.2. The van der Waals surface area contributed by atoms with Crippen molar-refractivity contribution >= 4 is 5.97 Å². The highest BCUT2D eigenvalue weighted by Gasteiger charge is 2.12. The van der Waals surface area contributed by atoms with Crippen molar-refractivity contribution in [3.05, 3.63) is 0 Å². The Hall–Kier alpha value is -1.08. The van der Waals surface area contributed by atoms with Crippen molar-refractivity contribution in [3.8, 4) is 6.07 Å². The van der Waals surface area contributed by atoms with Crippen LogP contribution in [-0.4, -0.2) is 23.2 Å². The SMILES string of the molecule is CC(C#N)NC(C)C(=O)O. The fourth-order valence-electron chi connectivity index (χ4n) is 0.484. The molecule has 0 aromatic rings. The molecule has 0 rings (SSSR count). The van der Waals surface area contributed by atoms with Gasteiger partial charge in [0.05, 0.1) is 12.1 Å². The molecule has 2 unspecified atom stereocenters. The molecular weight excluding hydrogens is 132 g/mol. The predicted molar refractivity (Wildman–Crippen MR) is 35.3 cm³/mol. The molecule has 0 saturated heterocycles. The number of nitrogens with one attached hydrogen (secondary N) is 1. The van der Waals surface area contributed by atoms with E-state index in [0.29, 0.717) is 0 Å². The normalized spacial score (nSPS) is 15.3. The second-order valence-electron chi connectivity index (χ2n) is 2.08. The average Bonchev–Trinajstić information content (AvgIpc) is 1.87. The number of rotatable bonds is 3. The van der Waals surface area contributed by atoms with E-state index in [1.54, 1.807) is 6.92 Å². The van der Waals surface area contributed by atoms with Crippen LogP contribution in [0.4, 0.5) is 0 Å². The van der Waals surface area contributed by atoms with Gasteiger partial charge in [-0.2, -0.15) is 5.26 Å². The van der Waals surface area contributed by atoms with Crippen molar-refractivity contribution in [1.82, 2.24) is 5.32 Å². The summed E-state index contributed by atoms with van der Waals surface area (Å²) in [5, 5.41) is 19.2. The van der Waals surface area contributed by atoms with E-state index < -0.39 is 18.1 Å². The highest BCUT2D eigenvalue weighted by molar-refractivity contribution is 5.72. The monoisotopic (exact) mass is 142 g/mol. The van der Waals surface area contributed by atoms with E-state index in [2.05, 4.69) is 5.32 Å². The third-order valence-electron chi connectivity index (χ3n) is 1.06. The Morgan fingerprint density at radius 3 is 2.50 bits per heavy atom. The van der Waals surface area contributed by atoms with Crippen LogP contribution in [0.3, 0.4) is 0 Å². The number of carbonyl (C=O) groups is 1. The zero-order valence-electron chi connectivity index (χ0n) is 5.96. The van der Waals surface area contributed by atoms with E-state index in [9.17, 15) is 4.79 Å². The minimum Gasteiger partial charge on any atom is -0.480 e. The summed E-state index contributed by atoms with van der Waals surface area (Å²) in [5.74, 6) is -0.942. The number of nitriles is 1. The van der Waals surface area contributed by atoms with Crippen LogP contribution in [-0.2, 0) is 4.79 Å². The van der Waals surface area contributed by atoms with Gasteiger partial charge in [-0.05, 0) is 13.8 Å². The number of aliphatic carboxylic acids is 1. The molecule has 0 bridgehead atoms. The Bertz CT molecular complexity index is 162. The molecule has 0 aromatic heterocycles. The molecule has 0 radical (unpaired) electrons. The maximum Gasteiger partial charge on any atom is 0.320 e. The summed E-state index contributed by atoms with van der Waals surface area (Å²) in [7, 11) is 0.